The summed E-state index contributed by atoms with van der Waals surface area (Å²) in [6, 6.07) is 9.29. The first-order chi connectivity index (χ1) is 18.6. The van der Waals surface area contributed by atoms with Crippen molar-refractivity contribution in [3.8, 4) is 0 Å². The number of aryl methyl sites for hydroxylation is 2. The highest BCUT2D eigenvalue weighted by Crippen LogP contribution is 2.55. The summed E-state index contributed by atoms with van der Waals surface area (Å²) in [7, 11) is 0. The van der Waals surface area contributed by atoms with Crippen LogP contribution in [0.5, 0.6) is 0 Å². The van der Waals surface area contributed by atoms with Gasteiger partial charge in [0.25, 0.3) is 0 Å². The van der Waals surface area contributed by atoms with Crippen LogP contribution in [0.2, 0.25) is 0 Å². The van der Waals surface area contributed by atoms with Crippen LogP contribution in [0.4, 0.5) is 0 Å². The van der Waals surface area contributed by atoms with E-state index >= 15 is 0 Å². The van der Waals surface area contributed by atoms with Crippen molar-refractivity contribution >= 4 is 0 Å². The Labute approximate surface area is 235 Å². The normalized spacial score (nSPS) is 37.9. The second-order valence-corrected chi connectivity index (χ2v) is 15.2. The maximum atomic E-state index is 4.82. The number of benzene rings is 1. The maximum Gasteiger partial charge on any atom is -0.0177 e. The van der Waals surface area contributed by atoms with Gasteiger partial charge in [-0.2, -0.15) is 0 Å². The summed E-state index contributed by atoms with van der Waals surface area (Å²) in [4.78, 5) is 0. The molecule has 0 spiro atoms. The molecule has 0 bridgehead atoms. The summed E-state index contributed by atoms with van der Waals surface area (Å²) in [5.41, 5.74) is 4.58. The lowest BCUT2D eigenvalue weighted by atomic mass is 9.71. The van der Waals surface area contributed by atoms with Crippen LogP contribution in [0.3, 0.4) is 0 Å². The van der Waals surface area contributed by atoms with Crippen LogP contribution >= 0.6 is 0 Å². The smallest absolute Gasteiger partial charge is 0.0177 e. The fourth-order valence-electron chi connectivity index (χ4n) is 10.8. The van der Waals surface area contributed by atoms with E-state index in [0.717, 1.165) is 53.3 Å². The van der Waals surface area contributed by atoms with Gasteiger partial charge in [0, 0.05) is 0 Å². The van der Waals surface area contributed by atoms with E-state index in [1.807, 2.05) is 0 Å². The Balaban J connectivity index is 0.993. The minimum absolute atomic E-state index is 0.813. The number of allylic oxidation sites excluding steroid dienone is 1. The number of fused-ring (bicyclic) bond motifs is 1. The summed E-state index contributed by atoms with van der Waals surface area (Å²) in [5.74, 6) is 9.10. The molecule has 0 heteroatoms. The third-order valence-corrected chi connectivity index (χ3v) is 12.8. The van der Waals surface area contributed by atoms with Gasteiger partial charge in [-0.3, -0.25) is 0 Å². The molecule has 38 heavy (non-hydrogen) atoms. The molecular weight excluding hydrogens is 456 g/mol. The Morgan fingerprint density at radius 2 is 1.45 bits per heavy atom. The summed E-state index contributed by atoms with van der Waals surface area (Å²) in [6.45, 7) is 7.02. The Hall–Kier alpha value is -1.04. The lowest BCUT2D eigenvalue weighted by molar-refractivity contribution is 0.169. The molecule has 5 aliphatic rings. The Morgan fingerprint density at radius 3 is 2.29 bits per heavy atom. The van der Waals surface area contributed by atoms with E-state index in [2.05, 4.69) is 31.2 Å². The van der Waals surface area contributed by atoms with Gasteiger partial charge < -0.3 is 0 Å². The Kier molecular flexibility index (Phi) is 9.03. The van der Waals surface area contributed by atoms with Crippen LogP contribution < -0.4 is 0 Å². The highest BCUT2D eigenvalue weighted by Gasteiger charge is 2.44. The van der Waals surface area contributed by atoms with E-state index in [-0.39, 0.29) is 0 Å². The lowest BCUT2D eigenvalue weighted by Crippen LogP contribution is -2.23. The van der Waals surface area contributed by atoms with Crippen molar-refractivity contribution in [2.75, 3.05) is 0 Å². The van der Waals surface area contributed by atoms with Crippen molar-refractivity contribution in [3.05, 3.63) is 47.5 Å². The summed E-state index contributed by atoms with van der Waals surface area (Å²) < 4.78 is 0. The van der Waals surface area contributed by atoms with Crippen molar-refractivity contribution < 1.29 is 0 Å². The molecule has 210 valence electrons. The molecule has 0 aliphatic heterocycles. The average Bonchev–Trinajstić information content (AvgIpc) is 3.68. The molecule has 0 aromatic heterocycles. The highest BCUT2D eigenvalue weighted by atomic mass is 14.5. The van der Waals surface area contributed by atoms with Crippen molar-refractivity contribution in [1.82, 2.24) is 0 Å². The first-order valence-electron chi connectivity index (χ1n) is 17.4. The summed E-state index contributed by atoms with van der Waals surface area (Å²) >= 11 is 0. The van der Waals surface area contributed by atoms with Gasteiger partial charge in [-0.05, 0) is 143 Å². The van der Waals surface area contributed by atoms with E-state index in [1.165, 1.54) is 88.2 Å². The maximum absolute atomic E-state index is 4.82. The molecule has 0 amide bonds. The largest absolute Gasteiger partial charge is 0.0996 e. The van der Waals surface area contributed by atoms with Crippen molar-refractivity contribution in [2.45, 2.75) is 135 Å². The zero-order chi connectivity index (χ0) is 25.9. The third-order valence-electron chi connectivity index (χ3n) is 12.8. The van der Waals surface area contributed by atoms with Crippen LogP contribution in [-0.2, 0) is 6.42 Å². The molecule has 1 aromatic carbocycles. The molecule has 5 aliphatic carbocycles. The highest BCUT2D eigenvalue weighted by molar-refractivity contribution is 5.21. The van der Waals surface area contributed by atoms with Crippen LogP contribution in [0.1, 0.15) is 133 Å². The zero-order valence-electron chi connectivity index (χ0n) is 24.9. The van der Waals surface area contributed by atoms with E-state index in [9.17, 15) is 0 Å². The van der Waals surface area contributed by atoms with Crippen molar-refractivity contribution in [1.29, 1.82) is 0 Å². The zero-order valence-corrected chi connectivity index (χ0v) is 24.9. The van der Waals surface area contributed by atoms with Gasteiger partial charge in [-0.15, -0.1) is 0 Å². The topological polar surface area (TPSA) is 0 Å². The SMILES string of the molecule is C=C(CC1CCCC1C1CC2CCC(CC3CCCCC3)CC2C1)C1CCCC1CCc1ccc(C)cc1. The molecular formula is C38H58. The molecule has 0 heterocycles. The predicted octanol–water partition coefficient (Wildman–Crippen LogP) is 11.1. The van der Waals surface area contributed by atoms with Crippen LogP contribution in [-0.4, -0.2) is 0 Å². The fourth-order valence-corrected chi connectivity index (χ4v) is 10.8. The van der Waals surface area contributed by atoms with Crippen molar-refractivity contribution in [3.63, 3.8) is 0 Å². The van der Waals surface area contributed by atoms with Crippen LogP contribution in [0.25, 0.3) is 0 Å². The molecule has 0 nitrogen and oxygen atoms in total. The molecule has 1 aromatic rings. The summed E-state index contributed by atoms with van der Waals surface area (Å²) in [5, 5.41) is 0. The van der Waals surface area contributed by atoms with Gasteiger partial charge in [0.15, 0.2) is 0 Å². The number of hydrogen-bond acceptors (Lipinski definition) is 0. The quantitative estimate of drug-likeness (QED) is 0.287. The van der Waals surface area contributed by atoms with Gasteiger partial charge in [-0.25, -0.2) is 0 Å². The lowest BCUT2D eigenvalue weighted by Gasteiger charge is -2.34. The first-order valence-corrected chi connectivity index (χ1v) is 17.4. The van der Waals surface area contributed by atoms with Gasteiger partial charge in [-0.1, -0.05) is 93.3 Å². The minimum Gasteiger partial charge on any atom is -0.0996 e. The molecule has 8 atom stereocenters. The molecule has 0 radical (unpaired) electrons. The summed E-state index contributed by atoms with van der Waals surface area (Å²) in [6.07, 6.45) is 30.0. The Morgan fingerprint density at radius 1 is 0.684 bits per heavy atom. The monoisotopic (exact) mass is 514 g/mol. The van der Waals surface area contributed by atoms with Gasteiger partial charge in [0.2, 0.25) is 0 Å². The molecule has 5 saturated carbocycles. The van der Waals surface area contributed by atoms with Crippen LogP contribution in [0, 0.1) is 60.2 Å². The van der Waals surface area contributed by atoms with Crippen molar-refractivity contribution in [2.24, 2.45) is 53.3 Å². The molecule has 5 fully saturated rings. The van der Waals surface area contributed by atoms with E-state index in [1.54, 1.807) is 56.9 Å². The van der Waals surface area contributed by atoms with E-state index in [4.69, 9.17) is 6.58 Å². The van der Waals surface area contributed by atoms with E-state index < -0.39 is 0 Å². The molecule has 8 unspecified atom stereocenters. The van der Waals surface area contributed by atoms with Gasteiger partial charge in [0.05, 0.1) is 0 Å². The Bertz CT molecular complexity index is 887. The number of rotatable bonds is 9. The fraction of sp³-hybridized carbons (Fsp3) is 0.789. The molecule has 0 N–H and O–H groups in total. The first kappa shape index (κ1) is 27.1. The molecule has 6 rings (SSSR count). The van der Waals surface area contributed by atoms with Crippen LogP contribution in [0.15, 0.2) is 36.4 Å². The average molecular weight is 515 g/mol. The second-order valence-electron chi connectivity index (χ2n) is 15.2. The number of hydrogen-bond donors (Lipinski definition) is 0. The third kappa shape index (κ3) is 6.47. The standard InChI is InChI=1S/C38H58/c1-27-14-16-29(17-15-27)18-20-32-10-6-12-37(32)28(2)22-34-11-7-13-38(34)36-25-33-21-19-31(24-35(33)26-36)23-30-8-4-3-5-9-30/h14-17,30-38H,2-13,18-26H2,1H3. The predicted molar refractivity (Wildman–Crippen MR) is 163 cm³/mol. The van der Waals surface area contributed by atoms with Gasteiger partial charge >= 0.3 is 0 Å². The molecule has 0 saturated heterocycles. The van der Waals surface area contributed by atoms with E-state index in [0.29, 0.717) is 0 Å². The minimum atomic E-state index is 0.813. The second kappa shape index (κ2) is 12.6. The van der Waals surface area contributed by atoms with Gasteiger partial charge in [0.1, 0.15) is 0 Å².